The van der Waals surface area contributed by atoms with Gasteiger partial charge in [-0.05, 0) is 31.6 Å². The van der Waals surface area contributed by atoms with E-state index < -0.39 is 0 Å². The first-order valence-electron chi connectivity index (χ1n) is 8.58. The van der Waals surface area contributed by atoms with Gasteiger partial charge in [0.15, 0.2) is 5.16 Å². The molecular weight excluding hydrogens is 296 g/mol. The highest BCUT2D eigenvalue weighted by Crippen LogP contribution is 2.25. The van der Waals surface area contributed by atoms with Crippen molar-refractivity contribution in [2.24, 2.45) is 5.92 Å². The summed E-state index contributed by atoms with van der Waals surface area (Å²) in [6, 6.07) is 0.359. The van der Waals surface area contributed by atoms with Crippen molar-refractivity contribution in [2.45, 2.75) is 76.0 Å². The molecule has 1 aromatic rings. The van der Waals surface area contributed by atoms with Crippen molar-refractivity contribution in [3.05, 3.63) is 5.82 Å². The van der Waals surface area contributed by atoms with Crippen molar-refractivity contribution in [1.29, 1.82) is 0 Å². The molecule has 1 aliphatic heterocycles. The molecule has 122 valence electrons. The van der Waals surface area contributed by atoms with Crippen molar-refractivity contribution in [2.75, 3.05) is 5.75 Å². The first-order valence-corrected chi connectivity index (χ1v) is 9.57. The van der Waals surface area contributed by atoms with Crippen LogP contribution in [0.4, 0.5) is 0 Å². The molecule has 2 aliphatic rings. The fraction of sp³-hybridized carbons (Fsp3) is 0.812. The van der Waals surface area contributed by atoms with Gasteiger partial charge in [0, 0.05) is 19.0 Å². The van der Waals surface area contributed by atoms with Gasteiger partial charge in [0.25, 0.3) is 0 Å². The van der Waals surface area contributed by atoms with Crippen LogP contribution in [0.25, 0.3) is 0 Å². The molecule has 1 amide bonds. The summed E-state index contributed by atoms with van der Waals surface area (Å²) in [7, 11) is 0. The van der Waals surface area contributed by atoms with Crippen LogP contribution in [0.3, 0.4) is 0 Å². The number of nitrogens with one attached hydrogen (secondary N) is 1. The molecule has 0 spiro atoms. The van der Waals surface area contributed by atoms with E-state index in [1.165, 1.54) is 50.3 Å². The summed E-state index contributed by atoms with van der Waals surface area (Å²) >= 11 is 1.53. The first-order chi connectivity index (χ1) is 10.7. The van der Waals surface area contributed by atoms with Gasteiger partial charge in [-0.1, -0.05) is 37.9 Å². The number of aryl methyl sites for hydroxylation is 1. The molecule has 0 radical (unpaired) electrons. The molecule has 1 fully saturated rings. The lowest BCUT2D eigenvalue weighted by molar-refractivity contribution is -0.119. The Morgan fingerprint density at radius 3 is 2.95 bits per heavy atom. The average molecular weight is 322 g/mol. The summed E-state index contributed by atoms with van der Waals surface area (Å²) in [6.45, 7) is 3.24. The number of rotatable bonds is 4. The topological polar surface area (TPSA) is 59.8 Å². The normalized spacial score (nSPS) is 25.3. The number of nitrogens with zero attached hydrogens (tertiary/aromatic N) is 3. The van der Waals surface area contributed by atoms with Gasteiger partial charge >= 0.3 is 0 Å². The average Bonchev–Trinajstić information content (AvgIpc) is 2.75. The lowest BCUT2D eigenvalue weighted by Crippen LogP contribution is -2.41. The highest BCUT2D eigenvalue weighted by atomic mass is 32.2. The fourth-order valence-electron chi connectivity index (χ4n) is 3.47. The maximum absolute atomic E-state index is 12.2. The van der Waals surface area contributed by atoms with Crippen LogP contribution in [0, 0.1) is 5.92 Å². The van der Waals surface area contributed by atoms with E-state index in [1.54, 1.807) is 0 Å². The Bertz CT molecular complexity index is 516. The Balaban J connectivity index is 1.52. The fourth-order valence-corrected chi connectivity index (χ4v) is 4.27. The van der Waals surface area contributed by atoms with Crippen LogP contribution in [0.2, 0.25) is 0 Å². The molecule has 0 aromatic carbocycles. The Hall–Kier alpha value is -1.04. The molecule has 1 aromatic heterocycles. The number of fused-ring (bicyclic) bond motifs is 1. The van der Waals surface area contributed by atoms with Crippen molar-refractivity contribution in [3.63, 3.8) is 0 Å². The van der Waals surface area contributed by atoms with E-state index >= 15 is 0 Å². The zero-order chi connectivity index (χ0) is 15.4. The lowest BCUT2D eigenvalue weighted by Gasteiger charge is -2.29. The highest BCUT2D eigenvalue weighted by Gasteiger charge is 2.23. The molecule has 5 nitrogen and oxygen atoms in total. The summed E-state index contributed by atoms with van der Waals surface area (Å²) < 4.78 is 2.20. The molecule has 0 unspecified atom stereocenters. The molecule has 1 saturated carbocycles. The Labute approximate surface area is 136 Å². The molecule has 1 N–H and O–H groups in total. The zero-order valence-corrected chi connectivity index (χ0v) is 14.2. The molecule has 0 saturated heterocycles. The largest absolute Gasteiger partial charge is 0.352 e. The Morgan fingerprint density at radius 1 is 1.23 bits per heavy atom. The van der Waals surface area contributed by atoms with Gasteiger partial charge in [-0.25, -0.2) is 0 Å². The van der Waals surface area contributed by atoms with E-state index in [4.69, 9.17) is 0 Å². The van der Waals surface area contributed by atoms with Gasteiger partial charge in [0.05, 0.1) is 5.75 Å². The molecular formula is C16H26N4OS. The number of hydrogen-bond donors (Lipinski definition) is 1. The van der Waals surface area contributed by atoms with Gasteiger partial charge in [0.2, 0.25) is 5.91 Å². The summed E-state index contributed by atoms with van der Waals surface area (Å²) in [6.07, 6.45) is 9.54. The summed E-state index contributed by atoms with van der Waals surface area (Å²) in [5.74, 6) is 2.27. The molecule has 3 rings (SSSR count). The van der Waals surface area contributed by atoms with E-state index in [0.717, 1.165) is 30.4 Å². The van der Waals surface area contributed by atoms with Gasteiger partial charge < -0.3 is 9.88 Å². The van der Waals surface area contributed by atoms with Crippen molar-refractivity contribution < 1.29 is 4.79 Å². The second-order valence-corrected chi connectivity index (χ2v) is 7.53. The van der Waals surface area contributed by atoms with E-state index in [0.29, 0.717) is 17.7 Å². The molecule has 22 heavy (non-hydrogen) atoms. The van der Waals surface area contributed by atoms with E-state index in [-0.39, 0.29) is 5.91 Å². The maximum atomic E-state index is 12.2. The number of aromatic nitrogens is 3. The number of amides is 1. The molecule has 6 heteroatoms. The summed E-state index contributed by atoms with van der Waals surface area (Å²) in [4.78, 5) is 12.2. The van der Waals surface area contributed by atoms with Crippen molar-refractivity contribution in [1.82, 2.24) is 20.1 Å². The molecule has 2 heterocycles. The minimum absolute atomic E-state index is 0.134. The van der Waals surface area contributed by atoms with Gasteiger partial charge in [-0.2, -0.15) is 0 Å². The van der Waals surface area contributed by atoms with Crippen LogP contribution in [0.1, 0.15) is 57.7 Å². The molecule has 2 atom stereocenters. The van der Waals surface area contributed by atoms with Crippen LogP contribution in [0.15, 0.2) is 5.16 Å². The highest BCUT2D eigenvalue weighted by molar-refractivity contribution is 7.99. The smallest absolute Gasteiger partial charge is 0.230 e. The summed E-state index contributed by atoms with van der Waals surface area (Å²) in [5, 5.41) is 12.7. The standard InChI is InChI=1S/C16H26N4OS/c1-12-7-4-5-8-13(12)17-15(21)11-22-16-19-18-14-9-3-2-6-10-20(14)16/h12-13H,2-11H2,1H3,(H,17,21)/t12-,13+/m0/s1. The van der Waals surface area contributed by atoms with Gasteiger partial charge in [-0.15, -0.1) is 10.2 Å². The predicted molar refractivity (Wildman–Crippen MR) is 87.9 cm³/mol. The van der Waals surface area contributed by atoms with E-state index in [1.807, 2.05) is 0 Å². The van der Waals surface area contributed by atoms with E-state index in [2.05, 4.69) is 27.0 Å². The quantitative estimate of drug-likeness (QED) is 0.866. The van der Waals surface area contributed by atoms with Crippen LogP contribution in [0.5, 0.6) is 0 Å². The maximum Gasteiger partial charge on any atom is 0.230 e. The van der Waals surface area contributed by atoms with E-state index in [9.17, 15) is 4.79 Å². The second-order valence-electron chi connectivity index (χ2n) is 6.59. The SMILES string of the molecule is C[C@H]1CCCC[C@H]1NC(=O)CSc1nnc2n1CCCCC2. The van der Waals surface area contributed by atoms with Crippen molar-refractivity contribution >= 4 is 17.7 Å². The van der Waals surface area contributed by atoms with Crippen LogP contribution >= 0.6 is 11.8 Å². The Kier molecular flexibility index (Phi) is 5.39. The minimum Gasteiger partial charge on any atom is -0.352 e. The second kappa shape index (κ2) is 7.49. The summed E-state index contributed by atoms with van der Waals surface area (Å²) in [5.41, 5.74) is 0. The number of hydrogen-bond acceptors (Lipinski definition) is 4. The third kappa shape index (κ3) is 3.83. The van der Waals surface area contributed by atoms with Crippen molar-refractivity contribution in [3.8, 4) is 0 Å². The zero-order valence-electron chi connectivity index (χ0n) is 13.4. The number of carbonyl (C=O) groups excluding carboxylic acids is 1. The van der Waals surface area contributed by atoms with Gasteiger partial charge in [-0.3, -0.25) is 4.79 Å². The monoisotopic (exact) mass is 322 g/mol. The third-order valence-corrected chi connectivity index (χ3v) is 5.83. The molecule has 1 aliphatic carbocycles. The predicted octanol–water partition coefficient (Wildman–Crippen LogP) is 2.79. The Morgan fingerprint density at radius 2 is 2.09 bits per heavy atom. The minimum atomic E-state index is 0.134. The van der Waals surface area contributed by atoms with Gasteiger partial charge in [0.1, 0.15) is 5.82 Å². The lowest BCUT2D eigenvalue weighted by atomic mass is 9.86. The van der Waals surface area contributed by atoms with Crippen LogP contribution in [-0.2, 0) is 17.8 Å². The first kappa shape index (κ1) is 15.8. The van der Waals surface area contributed by atoms with Crippen LogP contribution < -0.4 is 5.32 Å². The number of carbonyl (C=O) groups is 1. The number of thioether (sulfide) groups is 1. The third-order valence-electron chi connectivity index (χ3n) is 4.87. The molecule has 0 bridgehead atoms. The van der Waals surface area contributed by atoms with Crippen LogP contribution in [-0.4, -0.2) is 32.5 Å².